The van der Waals surface area contributed by atoms with Gasteiger partial charge in [0, 0.05) is 11.4 Å². The van der Waals surface area contributed by atoms with E-state index in [1.165, 1.54) is 0 Å². The number of nitrogens with one attached hydrogen (secondary N) is 1. The number of amides is 1. The highest BCUT2D eigenvalue weighted by molar-refractivity contribution is 5.89. The van der Waals surface area contributed by atoms with Crippen LogP contribution in [0.3, 0.4) is 0 Å². The van der Waals surface area contributed by atoms with Gasteiger partial charge < -0.3 is 14.5 Å². The third-order valence-corrected chi connectivity index (χ3v) is 3.27. The topological polar surface area (TPSA) is 54.7 Å². The second kappa shape index (κ2) is 5.28. The smallest absolute Gasteiger partial charge is 0.414 e. The Balaban J connectivity index is 1.76. The first-order valence-corrected chi connectivity index (χ1v) is 6.58. The van der Waals surface area contributed by atoms with E-state index in [0.717, 1.165) is 17.1 Å². The summed E-state index contributed by atoms with van der Waals surface area (Å²) in [5, 5.41) is 3.35. The molecule has 1 fully saturated rings. The summed E-state index contributed by atoms with van der Waals surface area (Å²) >= 11 is 0. The van der Waals surface area contributed by atoms with E-state index in [4.69, 9.17) is 9.15 Å². The molecule has 0 bridgehead atoms. The van der Waals surface area contributed by atoms with E-state index in [-0.39, 0.29) is 12.1 Å². The molecule has 0 radical (unpaired) electrons. The number of hydrogen-bond donors (Lipinski definition) is 1. The van der Waals surface area contributed by atoms with Gasteiger partial charge in [-0.2, -0.15) is 0 Å². The number of cyclic esters (lactones) is 1. The number of benzene rings is 1. The molecule has 104 valence electrons. The zero-order chi connectivity index (χ0) is 13.9. The molecule has 5 heteroatoms. The molecule has 1 aromatic heterocycles. The van der Waals surface area contributed by atoms with Crippen LogP contribution in [-0.4, -0.2) is 19.2 Å². The number of hydrogen-bond acceptors (Lipinski definition) is 4. The fraction of sp³-hybridized carbons (Fsp3) is 0.267. The van der Waals surface area contributed by atoms with Crippen LogP contribution in [0.1, 0.15) is 18.7 Å². The Morgan fingerprint density at radius 2 is 2.20 bits per heavy atom. The second-order valence-electron chi connectivity index (χ2n) is 4.70. The molecule has 2 heterocycles. The molecule has 2 aromatic rings. The molecule has 0 aliphatic carbocycles. The molecule has 1 aliphatic rings. The SMILES string of the molecule is CC(Nc1cccc(N2CCOC2=O)c1)c1ccco1. The van der Waals surface area contributed by atoms with Gasteiger partial charge in [0.2, 0.25) is 0 Å². The highest BCUT2D eigenvalue weighted by Crippen LogP contribution is 2.25. The number of ether oxygens (including phenoxy) is 1. The van der Waals surface area contributed by atoms with Crippen LogP contribution in [0.5, 0.6) is 0 Å². The quantitative estimate of drug-likeness (QED) is 0.926. The molecule has 1 amide bonds. The van der Waals surface area contributed by atoms with Crippen molar-refractivity contribution in [3.8, 4) is 0 Å². The van der Waals surface area contributed by atoms with Gasteiger partial charge in [-0.15, -0.1) is 0 Å². The van der Waals surface area contributed by atoms with Gasteiger partial charge >= 0.3 is 6.09 Å². The van der Waals surface area contributed by atoms with E-state index in [2.05, 4.69) is 5.32 Å². The van der Waals surface area contributed by atoms with E-state index >= 15 is 0 Å². The van der Waals surface area contributed by atoms with E-state index < -0.39 is 0 Å². The van der Waals surface area contributed by atoms with Gasteiger partial charge in [0.15, 0.2) is 0 Å². The first-order valence-electron chi connectivity index (χ1n) is 6.58. The third kappa shape index (κ3) is 2.47. The molecule has 5 nitrogen and oxygen atoms in total. The minimum Gasteiger partial charge on any atom is -0.467 e. The lowest BCUT2D eigenvalue weighted by molar-refractivity contribution is 0.181. The number of carbonyl (C=O) groups is 1. The zero-order valence-electron chi connectivity index (χ0n) is 11.2. The lowest BCUT2D eigenvalue weighted by Crippen LogP contribution is -2.23. The zero-order valence-corrected chi connectivity index (χ0v) is 11.2. The van der Waals surface area contributed by atoms with Crippen molar-refractivity contribution in [2.24, 2.45) is 0 Å². The molecular formula is C15H16N2O3. The molecule has 1 aromatic carbocycles. The maximum atomic E-state index is 11.6. The van der Waals surface area contributed by atoms with Crippen molar-refractivity contribution < 1.29 is 13.9 Å². The summed E-state index contributed by atoms with van der Waals surface area (Å²) in [4.78, 5) is 13.2. The molecule has 1 unspecified atom stereocenters. The van der Waals surface area contributed by atoms with Crippen molar-refractivity contribution in [1.29, 1.82) is 0 Å². The minimum atomic E-state index is -0.291. The van der Waals surface area contributed by atoms with Crippen LogP contribution >= 0.6 is 0 Å². The molecule has 3 rings (SSSR count). The van der Waals surface area contributed by atoms with Gasteiger partial charge in [-0.1, -0.05) is 6.07 Å². The standard InChI is InChI=1S/C15H16N2O3/c1-11(14-6-3-8-19-14)16-12-4-2-5-13(10-12)17-7-9-20-15(17)18/h2-6,8,10-11,16H,7,9H2,1H3. The van der Waals surface area contributed by atoms with Gasteiger partial charge in [-0.05, 0) is 37.3 Å². The summed E-state index contributed by atoms with van der Waals surface area (Å²) in [6.07, 6.45) is 1.37. The summed E-state index contributed by atoms with van der Waals surface area (Å²) in [6, 6.07) is 11.6. The first-order chi connectivity index (χ1) is 9.74. The van der Waals surface area contributed by atoms with Gasteiger partial charge in [-0.25, -0.2) is 4.79 Å². The summed E-state index contributed by atoms with van der Waals surface area (Å²) in [7, 11) is 0. The predicted octanol–water partition coefficient (Wildman–Crippen LogP) is 3.41. The normalized spacial score (nSPS) is 16.1. The maximum Gasteiger partial charge on any atom is 0.414 e. The molecule has 20 heavy (non-hydrogen) atoms. The fourth-order valence-electron chi connectivity index (χ4n) is 2.25. The lowest BCUT2D eigenvalue weighted by atomic mass is 10.2. The predicted molar refractivity (Wildman–Crippen MR) is 75.9 cm³/mol. The van der Waals surface area contributed by atoms with Gasteiger partial charge in [-0.3, -0.25) is 4.90 Å². The monoisotopic (exact) mass is 272 g/mol. The average molecular weight is 272 g/mol. The average Bonchev–Trinajstić information content (AvgIpc) is 3.10. The van der Waals surface area contributed by atoms with Crippen LogP contribution < -0.4 is 10.2 Å². The number of rotatable bonds is 4. The third-order valence-electron chi connectivity index (χ3n) is 3.27. The Kier molecular flexibility index (Phi) is 3.33. The number of carbonyl (C=O) groups excluding carboxylic acids is 1. The Morgan fingerprint density at radius 3 is 2.90 bits per heavy atom. The van der Waals surface area contributed by atoms with Crippen molar-refractivity contribution in [1.82, 2.24) is 0 Å². The van der Waals surface area contributed by atoms with Gasteiger partial charge in [0.1, 0.15) is 12.4 Å². The van der Waals surface area contributed by atoms with E-state index in [0.29, 0.717) is 13.2 Å². The molecule has 0 spiro atoms. The molecule has 1 atom stereocenters. The van der Waals surface area contributed by atoms with Gasteiger partial charge in [0.05, 0.1) is 18.8 Å². The van der Waals surface area contributed by atoms with E-state index in [1.54, 1.807) is 11.2 Å². The fourth-order valence-corrected chi connectivity index (χ4v) is 2.25. The van der Waals surface area contributed by atoms with Crippen molar-refractivity contribution in [3.63, 3.8) is 0 Å². The van der Waals surface area contributed by atoms with Crippen LogP contribution in [0.2, 0.25) is 0 Å². The Labute approximate surface area is 117 Å². The molecule has 1 aliphatic heterocycles. The summed E-state index contributed by atoms with van der Waals surface area (Å²) in [5.74, 6) is 0.871. The van der Waals surface area contributed by atoms with E-state index in [1.807, 2.05) is 43.3 Å². The van der Waals surface area contributed by atoms with Crippen molar-refractivity contribution >= 4 is 17.5 Å². The van der Waals surface area contributed by atoms with Crippen molar-refractivity contribution in [2.75, 3.05) is 23.4 Å². The maximum absolute atomic E-state index is 11.6. The van der Waals surface area contributed by atoms with Crippen molar-refractivity contribution in [3.05, 3.63) is 48.4 Å². The van der Waals surface area contributed by atoms with Crippen LogP contribution in [0, 0.1) is 0 Å². The lowest BCUT2D eigenvalue weighted by Gasteiger charge is -2.17. The van der Waals surface area contributed by atoms with E-state index in [9.17, 15) is 4.79 Å². The summed E-state index contributed by atoms with van der Waals surface area (Å²) < 4.78 is 10.3. The second-order valence-corrected chi connectivity index (χ2v) is 4.70. The number of furan rings is 1. The van der Waals surface area contributed by atoms with Crippen molar-refractivity contribution in [2.45, 2.75) is 13.0 Å². The highest BCUT2D eigenvalue weighted by Gasteiger charge is 2.23. The van der Waals surface area contributed by atoms with Crippen LogP contribution in [0.25, 0.3) is 0 Å². The Hall–Kier alpha value is -2.43. The highest BCUT2D eigenvalue weighted by atomic mass is 16.6. The number of nitrogens with zero attached hydrogens (tertiary/aromatic N) is 1. The Morgan fingerprint density at radius 1 is 1.30 bits per heavy atom. The molecule has 0 saturated carbocycles. The van der Waals surface area contributed by atoms with Crippen LogP contribution in [0.4, 0.5) is 16.2 Å². The number of anilines is 2. The largest absolute Gasteiger partial charge is 0.467 e. The van der Waals surface area contributed by atoms with Crippen LogP contribution in [-0.2, 0) is 4.74 Å². The van der Waals surface area contributed by atoms with Gasteiger partial charge in [0.25, 0.3) is 0 Å². The summed E-state index contributed by atoms with van der Waals surface area (Å²) in [5.41, 5.74) is 1.77. The first kappa shape index (κ1) is 12.6. The Bertz CT molecular complexity index is 595. The minimum absolute atomic E-state index is 0.0609. The molecular weight excluding hydrogens is 256 g/mol. The summed E-state index contributed by atoms with van der Waals surface area (Å²) in [6.45, 7) is 3.06. The molecule has 1 saturated heterocycles. The van der Waals surface area contributed by atoms with Crippen LogP contribution in [0.15, 0.2) is 47.1 Å². The molecule has 1 N–H and O–H groups in total.